The Hall–Kier alpha value is -1.77. The van der Waals surface area contributed by atoms with E-state index in [9.17, 15) is 0 Å². The fraction of sp³-hybridized carbons (Fsp3) is 0.400. The number of nitrogens with zero attached hydrogens (tertiary/aromatic N) is 1. The van der Waals surface area contributed by atoms with E-state index < -0.39 is 0 Å². The second kappa shape index (κ2) is 4.84. The summed E-state index contributed by atoms with van der Waals surface area (Å²) in [5, 5.41) is 3.62. The van der Waals surface area contributed by atoms with E-state index in [1.807, 2.05) is 0 Å². The summed E-state index contributed by atoms with van der Waals surface area (Å²) in [5.41, 5.74) is 2.26. The van der Waals surface area contributed by atoms with E-state index in [2.05, 4.69) is 41.5 Å². The zero-order valence-electron chi connectivity index (χ0n) is 10.6. The van der Waals surface area contributed by atoms with Crippen LogP contribution in [0.5, 0.6) is 0 Å². The lowest BCUT2D eigenvalue weighted by atomic mass is 10.1. The minimum Gasteiger partial charge on any atom is -0.444 e. The number of oxazole rings is 1. The molecule has 0 spiro atoms. The van der Waals surface area contributed by atoms with E-state index in [4.69, 9.17) is 4.42 Å². The molecule has 3 nitrogen and oxygen atoms in total. The van der Waals surface area contributed by atoms with Gasteiger partial charge in [-0.05, 0) is 43.0 Å². The van der Waals surface area contributed by atoms with Crippen LogP contribution in [0.4, 0.5) is 5.69 Å². The molecule has 1 heterocycles. The maximum atomic E-state index is 5.28. The van der Waals surface area contributed by atoms with Crippen LogP contribution in [-0.2, 0) is 0 Å². The number of hydrogen-bond donors (Lipinski definition) is 1. The predicted octanol–water partition coefficient (Wildman–Crippen LogP) is 3.94. The van der Waals surface area contributed by atoms with Crippen molar-refractivity contribution in [1.82, 2.24) is 4.98 Å². The van der Waals surface area contributed by atoms with Crippen molar-refractivity contribution in [2.75, 3.05) is 5.32 Å². The number of anilines is 1. The van der Waals surface area contributed by atoms with Gasteiger partial charge >= 0.3 is 0 Å². The van der Waals surface area contributed by atoms with E-state index in [0.29, 0.717) is 6.04 Å². The normalized spacial score (nSPS) is 23.2. The second-order valence-electron chi connectivity index (χ2n) is 5.10. The molecule has 0 aliphatic heterocycles. The standard InChI is InChI=1S/C15H18N2O/c1-11-3-2-4-14(11)17-13-7-5-12(6-8-13)15-9-16-10-18-15/h5-11,14,17H,2-4H2,1H3. The summed E-state index contributed by atoms with van der Waals surface area (Å²) in [6, 6.07) is 9.00. The van der Waals surface area contributed by atoms with Gasteiger partial charge in [-0.1, -0.05) is 13.3 Å². The third-order valence-corrected chi connectivity index (χ3v) is 3.82. The van der Waals surface area contributed by atoms with Crippen LogP contribution >= 0.6 is 0 Å². The SMILES string of the molecule is CC1CCCC1Nc1ccc(-c2cnco2)cc1. The maximum Gasteiger partial charge on any atom is 0.181 e. The third-order valence-electron chi connectivity index (χ3n) is 3.82. The van der Waals surface area contributed by atoms with Crippen LogP contribution in [0.1, 0.15) is 26.2 Å². The monoisotopic (exact) mass is 242 g/mol. The Bertz CT molecular complexity index is 490. The van der Waals surface area contributed by atoms with Gasteiger partial charge in [0.25, 0.3) is 0 Å². The van der Waals surface area contributed by atoms with Gasteiger partial charge in [-0.3, -0.25) is 0 Å². The molecule has 0 radical (unpaired) electrons. The lowest BCUT2D eigenvalue weighted by Crippen LogP contribution is -2.21. The van der Waals surface area contributed by atoms with Crippen LogP contribution in [0.3, 0.4) is 0 Å². The maximum absolute atomic E-state index is 5.28. The van der Waals surface area contributed by atoms with Gasteiger partial charge in [0.05, 0.1) is 6.20 Å². The second-order valence-corrected chi connectivity index (χ2v) is 5.10. The van der Waals surface area contributed by atoms with Crippen molar-refractivity contribution in [2.45, 2.75) is 32.2 Å². The molecule has 3 rings (SSSR count). The average Bonchev–Trinajstić information content (AvgIpc) is 3.03. The smallest absolute Gasteiger partial charge is 0.181 e. The van der Waals surface area contributed by atoms with Crippen LogP contribution in [0, 0.1) is 5.92 Å². The van der Waals surface area contributed by atoms with Crippen molar-refractivity contribution < 1.29 is 4.42 Å². The summed E-state index contributed by atoms with van der Waals surface area (Å²) in [5.74, 6) is 1.59. The first-order valence-corrected chi connectivity index (χ1v) is 6.58. The minimum atomic E-state index is 0.626. The van der Waals surface area contributed by atoms with Gasteiger partial charge in [0.1, 0.15) is 0 Å². The first kappa shape index (κ1) is 11.3. The molecular weight excluding hydrogens is 224 g/mol. The topological polar surface area (TPSA) is 38.1 Å². The number of rotatable bonds is 3. The van der Waals surface area contributed by atoms with E-state index in [-0.39, 0.29) is 0 Å². The Morgan fingerprint density at radius 2 is 2.06 bits per heavy atom. The lowest BCUT2D eigenvalue weighted by molar-refractivity contribution is 0.556. The summed E-state index contributed by atoms with van der Waals surface area (Å²) >= 11 is 0. The Labute approximate surface area is 107 Å². The van der Waals surface area contributed by atoms with Crippen LogP contribution in [0.15, 0.2) is 41.3 Å². The van der Waals surface area contributed by atoms with E-state index in [1.165, 1.54) is 31.3 Å². The largest absolute Gasteiger partial charge is 0.444 e. The molecule has 0 bridgehead atoms. The zero-order valence-corrected chi connectivity index (χ0v) is 10.6. The molecule has 0 amide bonds. The molecule has 1 aromatic carbocycles. The summed E-state index contributed by atoms with van der Waals surface area (Å²) in [4.78, 5) is 3.93. The van der Waals surface area contributed by atoms with Gasteiger partial charge in [-0.2, -0.15) is 0 Å². The molecule has 94 valence electrons. The van der Waals surface area contributed by atoms with E-state index >= 15 is 0 Å². The Balaban J connectivity index is 1.71. The molecule has 2 unspecified atom stereocenters. The van der Waals surface area contributed by atoms with Gasteiger partial charge in [0.2, 0.25) is 0 Å². The van der Waals surface area contributed by atoms with Crippen molar-refractivity contribution in [3.8, 4) is 11.3 Å². The molecule has 2 atom stereocenters. The van der Waals surface area contributed by atoms with E-state index in [1.54, 1.807) is 6.20 Å². The number of hydrogen-bond acceptors (Lipinski definition) is 3. The van der Waals surface area contributed by atoms with Gasteiger partial charge in [-0.25, -0.2) is 4.98 Å². The number of nitrogens with one attached hydrogen (secondary N) is 1. The predicted molar refractivity (Wildman–Crippen MR) is 72.4 cm³/mol. The molecule has 1 aliphatic carbocycles. The van der Waals surface area contributed by atoms with Gasteiger partial charge in [0, 0.05) is 17.3 Å². The molecule has 1 fully saturated rings. The molecular formula is C15H18N2O. The van der Waals surface area contributed by atoms with Gasteiger partial charge < -0.3 is 9.73 Å². The van der Waals surface area contributed by atoms with Crippen LogP contribution in [0.2, 0.25) is 0 Å². The first-order valence-electron chi connectivity index (χ1n) is 6.58. The highest BCUT2D eigenvalue weighted by atomic mass is 16.3. The molecule has 18 heavy (non-hydrogen) atoms. The Morgan fingerprint density at radius 3 is 2.67 bits per heavy atom. The van der Waals surface area contributed by atoms with Crippen LogP contribution in [0.25, 0.3) is 11.3 Å². The Morgan fingerprint density at radius 1 is 1.22 bits per heavy atom. The van der Waals surface area contributed by atoms with Crippen molar-refractivity contribution in [3.63, 3.8) is 0 Å². The summed E-state index contributed by atoms with van der Waals surface area (Å²) in [6.45, 7) is 2.33. The fourth-order valence-electron chi connectivity index (χ4n) is 2.66. The number of benzene rings is 1. The summed E-state index contributed by atoms with van der Waals surface area (Å²) < 4.78 is 5.28. The van der Waals surface area contributed by atoms with Crippen molar-refractivity contribution in [2.24, 2.45) is 5.92 Å². The number of aromatic nitrogens is 1. The van der Waals surface area contributed by atoms with Crippen molar-refractivity contribution in [1.29, 1.82) is 0 Å². The fourth-order valence-corrected chi connectivity index (χ4v) is 2.66. The molecule has 2 aromatic rings. The highest BCUT2D eigenvalue weighted by Gasteiger charge is 2.22. The summed E-state index contributed by atoms with van der Waals surface area (Å²) in [6.07, 6.45) is 7.16. The Kier molecular flexibility index (Phi) is 3.05. The molecule has 3 heteroatoms. The molecule has 1 aliphatic rings. The average molecular weight is 242 g/mol. The van der Waals surface area contributed by atoms with Crippen LogP contribution in [-0.4, -0.2) is 11.0 Å². The molecule has 0 saturated heterocycles. The summed E-state index contributed by atoms with van der Waals surface area (Å²) in [7, 11) is 0. The van der Waals surface area contributed by atoms with Gasteiger partial charge in [-0.15, -0.1) is 0 Å². The van der Waals surface area contributed by atoms with Crippen molar-refractivity contribution >= 4 is 5.69 Å². The van der Waals surface area contributed by atoms with E-state index in [0.717, 1.165) is 17.2 Å². The van der Waals surface area contributed by atoms with Gasteiger partial charge in [0.15, 0.2) is 12.2 Å². The highest BCUT2D eigenvalue weighted by Crippen LogP contribution is 2.28. The highest BCUT2D eigenvalue weighted by molar-refractivity contribution is 5.60. The minimum absolute atomic E-state index is 0.626. The molecule has 1 aromatic heterocycles. The quantitative estimate of drug-likeness (QED) is 0.885. The lowest BCUT2D eigenvalue weighted by Gasteiger charge is -2.18. The van der Waals surface area contributed by atoms with Crippen LogP contribution < -0.4 is 5.32 Å². The third kappa shape index (κ3) is 2.26. The molecule has 1 saturated carbocycles. The first-order chi connectivity index (χ1) is 8.83. The van der Waals surface area contributed by atoms with Crippen molar-refractivity contribution in [3.05, 3.63) is 36.9 Å². The zero-order chi connectivity index (χ0) is 12.4. The molecule has 1 N–H and O–H groups in total.